The molecule has 4 rings (SSSR count). The van der Waals surface area contributed by atoms with Gasteiger partial charge in [-0.05, 0) is 24.6 Å². The molecular formula is C17H19N7O2. The Balaban J connectivity index is 1.75. The number of nitrogens with two attached hydrogens (primary N) is 1. The zero-order valence-electron chi connectivity index (χ0n) is 14.3. The fourth-order valence-electron chi connectivity index (χ4n) is 3.17. The number of fused-ring (bicyclic) bond motifs is 1. The van der Waals surface area contributed by atoms with Crippen molar-refractivity contribution in [1.82, 2.24) is 19.7 Å². The average Bonchev–Trinajstić information content (AvgIpc) is 3.31. The van der Waals surface area contributed by atoms with E-state index in [0.717, 1.165) is 29.6 Å². The average molecular weight is 353 g/mol. The number of aromatic nitrogens is 4. The monoisotopic (exact) mass is 353 g/mol. The predicted molar refractivity (Wildman–Crippen MR) is 97.6 cm³/mol. The Morgan fingerprint density at radius 3 is 2.96 bits per heavy atom. The lowest BCUT2D eigenvalue weighted by molar-refractivity contribution is 0.0995. The second kappa shape index (κ2) is 6.60. The summed E-state index contributed by atoms with van der Waals surface area (Å²) in [4.78, 5) is 15.9. The van der Waals surface area contributed by atoms with Crippen LogP contribution in [0.4, 0.5) is 17.5 Å². The maximum atomic E-state index is 11.7. The van der Waals surface area contributed by atoms with Gasteiger partial charge in [-0.25, -0.2) is 0 Å². The number of nitrogens with one attached hydrogen (secondary N) is 2. The summed E-state index contributed by atoms with van der Waals surface area (Å²) >= 11 is 0. The van der Waals surface area contributed by atoms with Crippen LogP contribution in [0, 0.1) is 0 Å². The van der Waals surface area contributed by atoms with Crippen molar-refractivity contribution in [2.24, 2.45) is 5.73 Å². The maximum Gasteiger partial charge on any atom is 0.273 e. The number of ether oxygens (including phenoxy) is 1. The van der Waals surface area contributed by atoms with Crippen molar-refractivity contribution in [2.45, 2.75) is 12.5 Å². The van der Waals surface area contributed by atoms with Gasteiger partial charge >= 0.3 is 0 Å². The Kier molecular flexibility index (Phi) is 4.13. The second-order valence-corrected chi connectivity index (χ2v) is 6.05. The van der Waals surface area contributed by atoms with Gasteiger partial charge in [0, 0.05) is 30.9 Å². The molecule has 0 spiro atoms. The van der Waals surface area contributed by atoms with Crippen LogP contribution in [0.1, 0.15) is 23.0 Å². The van der Waals surface area contributed by atoms with Gasteiger partial charge in [-0.3, -0.25) is 4.79 Å². The summed E-state index contributed by atoms with van der Waals surface area (Å²) in [5, 5.41) is 14.7. The van der Waals surface area contributed by atoms with E-state index in [-0.39, 0.29) is 11.5 Å². The van der Waals surface area contributed by atoms with E-state index >= 15 is 0 Å². The van der Waals surface area contributed by atoms with Gasteiger partial charge in [0.05, 0.1) is 18.2 Å². The molecule has 4 N–H and O–H groups in total. The van der Waals surface area contributed by atoms with Gasteiger partial charge in [-0.1, -0.05) is 6.07 Å². The fraction of sp³-hybridized carbons (Fsp3) is 0.294. The van der Waals surface area contributed by atoms with Gasteiger partial charge in [0.25, 0.3) is 5.91 Å². The molecule has 134 valence electrons. The number of nitrogens with zero attached hydrogens (tertiary/aromatic N) is 4. The van der Waals surface area contributed by atoms with Crippen LogP contribution in [-0.4, -0.2) is 45.9 Å². The van der Waals surface area contributed by atoms with Crippen LogP contribution in [0.2, 0.25) is 0 Å². The van der Waals surface area contributed by atoms with E-state index in [2.05, 4.69) is 42.6 Å². The molecule has 0 radical (unpaired) electrons. The third-order valence-electron chi connectivity index (χ3n) is 4.46. The Hall–Kier alpha value is -3.20. The molecule has 3 heterocycles. The zero-order valence-corrected chi connectivity index (χ0v) is 14.3. The normalized spacial score (nSPS) is 16.7. The number of rotatable bonds is 5. The van der Waals surface area contributed by atoms with Crippen LogP contribution in [0.5, 0.6) is 0 Å². The summed E-state index contributed by atoms with van der Waals surface area (Å²) in [7, 11) is 1.68. The molecule has 1 aromatic carbocycles. The summed E-state index contributed by atoms with van der Waals surface area (Å²) in [6.45, 7) is 1.50. The zero-order chi connectivity index (χ0) is 18.1. The smallest absolute Gasteiger partial charge is 0.273 e. The third-order valence-corrected chi connectivity index (χ3v) is 4.46. The van der Waals surface area contributed by atoms with Crippen molar-refractivity contribution >= 4 is 34.3 Å². The minimum atomic E-state index is -0.692. The largest absolute Gasteiger partial charge is 0.379 e. The highest BCUT2D eigenvalue weighted by Gasteiger charge is 2.20. The van der Waals surface area contributed by atoms with E-state index in [4.69, 9.17) is 10.5 Å². The number of carbonyl (C=O) groups excluding carboxylic acids is 1. The molecule has 1 aliphatic heterocycles. The molecule has 3 aromatic rings. The fourth-order valence-corrected chi connectivity index (χ4v) is 3.17. The Morgan fingerprint density at radius 2 is 2.23 bits per heavy atom. The highest BCUT2D eigenvalue weighted by atomic mass is 16.5. The molecule has 9 heteroatoms. The SMILES string of the molecule is CNc1nnc(C(N)=O)c(Nc2cccc3c2ccn3[C@@H]2CCOC2)n1. The molecule has 1 fully saturated rings. The molecule has 1 amide bonds. The number of anilines is 3. The van der Waals surface area contributed by atoms with Crippen LogP contribution in [0.15, 0.2) is 30.5 Å². The lowest BCUT2D eigenvalue weighted by Crippen LogP contribution is -2.18. The van der Waals surface area contributed by atoms with Gasteiger partial charge < -0.3 is 25.7 Å². The summed E-state index contributed by atoms with van der Waals surface area (Å²) in [6.07, 6.45) is 3.05. The van der Waals surface area contributed by atoms with Crippen molar-refractivity contribution in [2.75, 3.05) is 30.9 Å². The summed E-state index contributed by atoms with van der Waals surface area (Å²) in [6, 6.07) is 8.30. The third kappa shape index (κ3) is 2.82. The van der Waals surface area contributed by atoms with Crippen molar-refractivity contribution in [3.63, 3.8) is 0 Å². The maximum absolute atomic E-state index is 11.7. The molecule has 0 bridgehead atoms. The molecular weight excluding hydrogens is 334 g/mol. The van der Waals surface area contributed by atoms with Crippen LogP contribution in [0.25, 0.3) is 10.9 Å². The van der Waals surface area contributed by atoms with E-state index in [0.29, 0.717) is 18.6 Å². The number of amides is 1. The minimum Gasteiger partial charge on any atom is -0.379 e. The number of hydrogen-bond donors (Lipinski definition) is 3. The second-order valence-electron chi connectivity index (χ2n) is 6.05. The first-order valence-corrected chi connectivity index (χ1v) is 8.34. The summed E-state index contributed by atoms with van der Waals surface area (Å²) in [5.41, 5.74) is 7.29. The van der Waals surface area contributed by atoms with Crippen molar-refractivity contribution in [1.29, 1.82) is 0 Å². The Labute approximate surface area is 149 Å². The van der Waals surface area contributed by atoms with Crippen molar-refractivity contribution in [3.8, 4) is 0 Å². The van der Waals surface area contributed by atoms with E-state index in [1.54, 1.807) is 7.05 Å². The first-order valence-electron chi connectivity index (χ1n) is 8.34. The van der Waals surface area contributed by atoms with Gasteiger partial charge in [0.15, 0.2) is 11.5 Å². The van der Waals surface area contributed by atoms with Gasteiger partial charge in [-0.2, -0.15) is 4.98 Å². The summed E-state index contributed by atoms with van der Waals surface area (Å²) < 4.78 is 7.73. The molecule has 1 atom stereocenters. The highest BCUT2D eigenvalue weighted by molar-refractivity contribution is 5.99. The van der Waals surface area contributed by atoms with E-state index in [9.17, 15) is 4.79 Å². The molecule has 9 nitrogen and oxygen atoms in total. The first-order chi connectivity index (χ1) is 12.7. The molecule has 0 saturated carbocycles. The van der Waals surface area contributed by atoms with Crippen molar-refractivity contribution < 1.29 is 9.53 Å². The summed E-state index contributed by atoms with van der Waals surface area (Å²) in [5.74, 6) is -0.130. The Bertz CT molecular complexity index is 963. The molecule has 1 saturated heterocycles. The first kappa shape index (κ1) is 16.3. The van der Waals surface area contributed by atoms with Gasteiger partial charge in [0.1, 0.15) is 0 Å². The molecule has 0 aliphatic carbocycles. The van der Waals surface area contributed by atoms with E-state index < -0.39 is 5.91 Å². The lowest BCUT2D eigenvalue weighted by atomic mass is 10.2. The topological polar surface area (TPSA) is 120 Å². The molecule has 2 aromatic heterocycles. The number of carbonyl (C=O) groups is 1. The molecule has 1 aliphatic rings. The Morgan fingerprint density at radius 1 is 1.35 bits per heavy atom. The predicted octanol–water partition coefficient (Wildman–Crippen LogP) is 1.67. The molecule has 0 unspecified atom stereocenters. The van der Waals surface area contributed by atoms with E-state index in [1.807, 2.05) is 18.2 Å². The minimum absolute atomic E-state index is 0.00960. The molecule has 26 heavy (non-hydrogen) atoms. The number of hydrogen-bond acceptors (Lipinski definition) is 7. The van der Waals surface area contributed by atoms with E-state index in [1.165, 1.54) is 0 Å². The van der Waals surface area contributed by atoms with Crippen LogP contribution in [0.3, 0.4) is 0 Å². The van der Waals surface area contributed by atoms with Crippen LogP contribution < -0.4 is 16.4 Å². The quantitative estimate of drug-likeness (QED) is 0.638. The van der Waals surface area contributed by atoms with Crippen molar-refractivity contribution in [3.05, 3.63) is 36.2 Å². The number of benzene rings is 1. The van der Waals surface area contributed by atoms with Gasteiger partial charge in [-0.15, -0.1) is 10.2 Å². The van der Waals surface area contributed by atoms with Gasteiger partial charge in [0.2, 0.25) is 5.95 Å². The number of primary amides is 1. The standard InChI is InChI=1S/C17H19N7O2/c1-19-17-21-16(14(15(18)25)22-23-17)20-12-3-2-4-13-11(12)5-7-24(13)10-6-8-26-9-10/h2-5,7,10H,6,8-9H2,1H3,(H2,18,25)(H2,19,20,21,23)/t10-/m1/s1. The van der Waals surface area contributed by atoms with Crippen LogP contribution >= 0.6 is 0 Å². The van der Waals surface area contributed by atoms with Crippen LogP contribution in [-0.2, 0) is 4.74 Å². The highest BCUT2D eigenvalue weighted by Crippen LogP contribution is 2.31. The lowest BCUT2D eigenvalue weighted by Gasteiger charge is -2.13.